The van der Waals surface area contributed by atoms with E-state index in [0.717, 1.165) is 26.7 Å². The summed E-state index contributed by atoms with van der Waals surface area (Å²) in [6.45, 7) is 1.87. The molecule has 0 saturated heterocycles. The number of nitrogens with one attached hydrogen (secondary N) is 1. The van der Waals surface area contributed by atoms with Crippen molar-refractivity contribution < 1.29 is 19.1 Å². The van der Waals surface area contributed by atoms with Crippen molar-refractivity contribution in [3.63, 3.8) is 0 Å². The Balaban J connectivity index is 1.59. The van der Waals surface area contributed by atoms with Crippen LogP contribution in [0.4, 0.5) is 10.2 Å². The molecular formula is C23H23FN6O5S. The Labute approximate surface area is 208 Å². The molecule has 188 valence electrons. The fourth-order valence-corrected chi connectivity index (χ4v) is 4.80. The number of allylic oxidation sites excluding steroid dienone is 1. The molecule has 0 aliphatic carbocycles. The molecule has 3 heterocycles. The van der Waals surface area contributed by atoms with Crippen LogP contribution in [-0.4, -0.2) is 41.7 Å². The maximum Gasteiger partial charge on any atom is 0.349 e. The third kappa shape index (κ3) is 4.96. The van der Waals surface area contributed by atoms with E-state index in [4.69, 9.17) is 5.73 Å². The number of halogens is 1. The van der Waals surface area contributed by atoms with Gasteiger partial charge >= 0.3 is 17.3 Å². The van der Waals surface area contributed by atoms with Crippen LogP contribution in [0, 0.1) is 12.7 Å². The number of fused-ring (bicyclic) bond motifs is 1. The molecule has 0 saturated carbocycles. The standard InChI is InChI=1S/C23H23FN6O5S/c1-13-14(4-9-19(25)27-13)11-26-20(31)17-3-2-10-28-22(34)29(23(35)30(17)28)18(21(32)33)12-36-16-7-5-15(24)6-8-16/h2-9,17-18H,10-12H2,1H3,(H2,25,27)(H,26,31)(H,32,33). The normalized spacial score (nSPS) is 15.3. The zero-order chi connectivity index (χ0) is 26.0. The van der Waals surface area contributed by atoms with Crippen molar-refractivity contribution in [2.75, 3.05) is 11.5 Å². The van der Waals surface area contributed by atoms with Gasteiger partial charge in [-0.15, -0.1) is 11.8 Å². The van der Waals surface area contributed by atoms with Crippen molar-refractivity contribution in [1.29, 1.82) is 0 Å². The summed E-state index contributed by atoms with van der Waals surface area (Å²) < 4.78 is 15.8. The number of anilines is 1. The largest absolute Gasteiger partial charge is 0.480 e. The number of carboxylic acid groups (broad SMARTS) is 1. The lowest BCUT2D eigenvalue weighted by Crippen LogP contribution is -2.41. The molecule has 2 unspecified atom stereocenters. The molecule has 0 fully saturated rings. The second-order valence-corrected chi connectivity index (χ2v) is 9.15. The number of carboxylic acids is 1. The van der Waals surface area contributed by atoms with Gasteiger partial charge in [0.05, 0.1) is 6.54 Å². The molecule has 1 amide bonds. The molecule has 1 aliphatic rings. The number of pyridine rings is 1. The lowest BCUT2D eigenvalue weighted by Gasteiger charge is -2.20. The predicted octanol–water partition coefficient (Wildman–Crippen LogP) is 1.08. The summed E-state index contributed by atoms with van der Waals surface area (Å²) >= 11 is 1.06. The Morgan fingerprint density at radius 2 is 1.94 bits per heavy atom. The highest BCUT2D eigenvalue weighted by atomic mass is 32.2. The number of carbonyl (C=O) groups is 2. The summed E-state index contributed by atoms with van der Waals surface area (Å²) in [7, 11) is 0. The maximum atomic E-state index is 13.3. The van der Waals surface area contributed by atoms with Gasteiger partial charge in [0.15, 0.2) is 6.04 Å². The molecular weight excluding hydrogens is 491 g/mol. The minimum absolute atomic E-state index is 0.00326. The summed E-state index contributed by atoms with van der Waals surface area (Å²) in [5.74, 6) is -2.19. The topological polar surface area (TPSA) is 154 Å². The minimum Gasteiger partial charge on any atom is -0.480 e. The zero-order valence-electron chi connectivity index (χ0n) is 19.1. The van der Waals surface area contributed by atoms with E-state index in [9.17, 15) is 28.7 Å². The first-order chi connectivity index (χ1) is 17.2. The highest BCUT2D eigenvalue weighted by molar-refractivity contribution is 7.99. The number of aliphatic carboxylic acids is 1. The third-order valence-electron chi connectivity index (χ3n) is 5.71. The number of nitrogens with two attached hydrogens (primary N) is 1. The second kappa shape index (κ2) is 10.2. The van der Waals surface area contributed by atoms with E-state index in [-0.39, 0.29) is 18.8 Å². The quantitative estimate of drug-likeness (QED) is 0.298. The van der Waals surface area contributed by atoms with Gasteiger partial charge in [0.1, 0.15) is 17.7 Å². The Morgan fingerprint density at radius 3 is 2.61 bits per heavy atom. The highest BCUT2D eigenvalue weighted by Gasteiger charge is 2.33. The lowest BCUT2D eigenvalue weighted by molar-refractivity contribution is -0.140. The Morgan fingerprint density at radius 1 is 1.22 bits per heavy atom. The predicted molar refractivity (Wildman–Crippen MR) is 130 cm³/mol. The third-order valence-corrected chi connectivity index (χ3v) is 6.79. The van der Waals surface area contributed by atoms with Crippen LogP contribution in [0.2, 0.25) is 0 Å². The highest BCUT2D eigenvalue weighted by Crippen LogP contribution is 2.23. The van der Waals surface area contributed by atoms with Gasteiger partial charge in [0, 0.05) is 22.9 Å². The first-order valence-corrected chi connectivity index (χ1v) is 11.9. The Kier molecular flexibility index (Phi) is 7.10. The molecule has 3 aromatic rings. The molecule has 1 aliphatic heterocycles. The summed E-state index contributed by atoms with van der Waals surface area (Å²) in [5.41, 5.74) is 5.26. The Hall–Kier alpha value is -4.13. The van der Waals surface area contributed by atoms with E-state index >= 15 is 0 Å². The number of rotatable bonds is 8. The fourth-order valence-electron chi connectivity index (χ4n) is 3.83. The number of benzene rings is 1. The van der Waals surface area contributed by atoms with Gasteiger partial charge in [-0.2, -0.15) is 0 Å². The SMILES string of the molecule is Cc1nc(N)ccc1CNC(=O)C1C=CCn2c(=O)n(C(CSc3ccc(F)cc3)C(=O)O)c(=O)n21. The number of thioether (sulfide) groups is 1. The van der Waals surface area contributed by atoms with Gasteiger partial charge in [-0.1, -0.05) is 18.2 Å². The smallest absolute Gasteiger partial charge is 0.349 e. The number of carbonyl (C=O) groups excluding carboxylic acids is 1. The Bertz CT molecular complexity index is 1460. The molecule has 11 nitrogen and oxygen atoms in total. The van der Waals surface area contributed by atoms with Crippen molar-refractivity contribution in [3.05, 3.63) is 86.6 Å². The number of nitrogens with zero attached hydrogens (tertiary/aromatic N) is 4. The van der Waals surface area contributed by atoms with Crippen LogP contribution >= 0.6 is 11.8 Å². The molecule has 0 spiro atoms. The van der Waals surface area contributed by atoms with E-state index in [0.29, 0.717) is 21.0 Å². The van der Waals surface area contributed by atoms with Crippen molar-refractivity contribution in [1.82, 2.24) is 24.2 Å². The molecule has 13 heteroatoms. The maximum absolute atomic E-state index is 13.3. The first kappa shape index (κ1) is 25.0. The van der Waals surface area contributed by atoms with Crippen LogP contribution in [0.15, 0.2) is 63.0 Å². The van der Waals surface area contributed by atoms with Crippen LogP contribution in [0.5, 0.6) is 0 Å². The number of amides is 1. The summed E-state index contributed by atoms with van der Waals surface area (Å²) in [5, 5.41) is 12.5. The van der Waals surface area contributed by atoms with Crippen LogP contribution < -0.4 is 22.4 Å². The number of aromatic nitrogens is 4. The van der Waals surface area contributed by atoms with Crippen LogP contribution in [0.1, 0.15) is 23.3 Å². The second-order valence-electron chi connectivity index (χ2n) is 8.05. The molecule has 0 radical (unpaired) electrons. The van der Waals surface area contributed by atoms with E-state index in [1.807, 2.05) is 0 Å². The van der Waals surface area contributed by atoms with Gasteiger partial charge in [-0.05, 0) is 42.8 Å². The van der Waals surface area contributed by atoms with E-state index in [1.54, 1.807) is 25.1 Å². The van der Waals surface area contributed by atoms with Crippen LogP contribution in [-0.2, 0) is 22.7 Å². The van der Waals surface area contributed by atoms with Gasteiger partial charge in [0.25, 0.3) is 0 Å². The summed E-state index contributed by atoms with van der Waals surface area (Å²) in [4.78, 5) is 56.0. The molecule has 0 bridgehead atoms. The molecule has 2 atom stereocenters. The van der Waals surface area contributed by atoms with Gasteiger partial charge in [-0.3, -0.25) is 4.79 Å². The van der Waals surface area contributed by atoms with Crippen molar-refractivity contribution in [2.24, 2.45) is 0 Å². The van der Waals surface area contributed by atoms with Gasteiger partial charge < -0.3 is 16.2 Å². The van der Waals surface area contributed by atoms with Gasteiger partial charge in [-0.25, -0.2) is 37.7 Å². The molecule has 2 aromatic heterocycles. The van der Waals surface area contributed by atoms with Crippen LogP contribution in [0.3, 0.4) is 0 Å². The number of hydrogen-bond acceptors (Lipinski definition) is 7. The van der Waals surface area contributed by atoms with E-state index in [2.05, 4.69) is 10.3 Å². The molecule has 36 heavy (non-hydrogen) atoms. The van der Waals surface area contributed by atoms with E-state index in [1.165, 1.54) is 30.3 Å². The molecule has 4 rings (SSSR count). The average Bonchev–Trinajstić information content (AvgIpc) is 3.10. The number of aryl methyl sites for hydroxylation is 1. The summed E-state index contributed by atoms with van der Waals surface area (Å²) in [6.07, 6.45) is 3.05. The van der Waals surface area contributed by atoms with Crippen LogP contribution in [0.25, 0.3) is 0 Å². The zero-order valence-corrected chi connectivity index (χ0v) is 19.9. The fraction of sp³-hybridized carbons (Fsp3) is 0.261. The van der Waals surface area contributed by atoms with Gasteiger partial charge in [0.2, 0.25) is 5.91 Å². The van der Waals surface area contributed by atoms with Crippen molar-refractivity contribution in [2.45, 2.75) is 37.0 Å². The molecule has 4 N–H and O–H groups in total. The minimum atomic E-state index is -1.50. The average molecular weight is 515 g/mol. The number of hydrogen-bond donors (Lipinski definition) is 3. The van der Waals surface area contributed by atoms with E-state index < -0.39 is 41.2 Å². The first-order valence-electron chi connectivity index (χ1n) is 10.9. The number of nitrogen functional groups attached to an aromatic ring is 1. The molecule has 1 aromatic carbocycles. The van der Waals surface area contributed by atoms with Crippen molar-refractivity contribution in [3.8, 4) is 0 Å². The monoisotopic (exact) mass is 514 g/mol. The van der Waals surface area contributed by atoms with Crippen molar-refractivity contribution >= 4 is 29.5 Å². The summed E-state index contributed by atoms with van der Waals surface area (Å²) in [6, 6.07) is 6.08. The lowest BCUT2D eigenvalue weighted by atomic mass is 10.2.